The lowest BCUT2D eigenvalue weighted by Crippen LogP contribution is -2.49. The van der Waals surface area contributed by atoms with Crippen LogP contribution in [-0.4, -0.2) is 23.0 Å². The van der Waals surface area contributed by atoms with Gasteiger partial charge in [-0.2, -0.15) is 0 Å². The Morgan fingerprint density at radius 1 is 1.23 bits per heavy atom. The van der Waals surface area contributed by atoms with Gasteiger partial charge in [-0.25, -0.2) is 4.98 Å². The second-order valence-corrected chi connectivity index (χ2v) is 7.98. The molecule has 0 N–H and O–H groups in total. The number of carbonyl (C=O) groups is 1. The van der Waals surface area contributed by atoms with E-state index in [-0.39, 0.29) is 5.91 Å². The number of nitrogens with zero attached hydrogens (tertiary/aromatic N) is 2. The highest BCUT2D eigenvalue weighted by Gasteiger charge is 2.35. The minimum absolute atomic E-state index is 0.133. The fourth-order valence-electron chi connectivity index (χ4n) is 2.72. The molecule has 4 nitrogen and oxygen atoms in total. The van der Waals surface area contributed by atoms with E-state index < -0.39 is 5.60 Å². The Morgan fingerprint density at radius 2 is 1.92 bits per heavy atom. The number of ether oxygens (including phenoxy) is 1. The maximum Gasteiger partial charge on any atom is 0.272 e. The summed E-state index contributed by atoms with van der Waals surface area (Å²) in [6.07, 6.45) is 0. The molecule has 2 aromatic carbocycles. The van der Waals surface area contributed by atoms with Crippen molar-refractivity contribution in [1.82, 2.24) is 4.98 Å². The van der Waals surface area contributed by atoms with E-state index in [0.29, 0.717) is 22.4 Å². The SMILES string of the molecule is CCN(C(=O)C(C)(C)Oc1ccc(Cl)cc1)c1nc2c(C)cccc2s1. The van der Waals surface area contributed by atoms with Crippen LogP contribution in [0.3, 0.4) is 0 Å². The molecule has 0 saturated carbocycles. The number of anilines is 1. The van der Waals surface area contributed by atoms with E-state index in [1.165, 1.54) is 11.3 Å². The molecule has 0 spiro atoms. The summed E-state index contributed by atoms with van der Waals surface area (Å²) < 4.78 is 7.02. The second kappa shape index (κ2) is 7.25. The number of amides is 1. The standard InChI is InChI=1S/C20H21ClN2O2S/c1-5-23(19-22-17-13(2)7-6-8-16(17)26-19)18(24)20(3,4)25-15-11-9-14(21)10-12-15/h6-12H,5H2,1-4H3. The molecule has 0 radical (unpaired) electrons. The lowest BCUT2D eigenvalue weighted by molar-refractivity contribution is -0.131. The number of aromatic nitrogens is 1. The summed E-state index contributed by atoms with van der Waals surface area (Å²) in [5.74, 6) is 0.468. The van der Waals surface area contributed by atoms with E-state index in [1.807, 2.05) is 32.0 Å². The van der Waals surface area contributed by atoms with Crippen molar-refractivity contribution in [3.05, 3.63) is 53.1 Å². The van der Waals surface area contributed by atoms with Crippen molar-refractivity contribution in [3.8, 4) is 5.75 Å². The minimum Gasteiger partial charge on any atom is -0.478 e. The summed E-state index contributed by atoms with van der Waals surface area (Å²) in [5, 5.41) is 1.32. The number of hydrogen-bond acceptors (Lipinski definition) is 4. The van der Waals surface area contributed by atoms with Crippen LogP contribution in [0.5, 0.6) is 5.75 Å². The van der Waals surface area contributed by atoms with Crippen molar-refractivity contribution < 1.29 is 9.53 Å². The summed E-state index contributed by atoms with van der Waals surface area (Å²) in [5.41, 5.74) is 1.01. The molecule has 1 aromatic heterocycles. The largest absolute Gasteiger partial charge is 0.478 e. The lowest BCUT2D eigenvalue weighted by atomic mass is 10.1. The van der Waals surface area contributed by atoms with E-state index in [0.717, 1.165) is 15.8 Å². The zero-order valence-corrected chi connectivity index (χ0v) is 16.8. The van der Waals surface area contributed by atoms with Crippen LogP contribution in [-0.2, 0) is 4.79 Å². The van der Waals surface area contributed by atoms with E-state index >= 15 is 0 Å². The molecule has 0 aliphatic rings. The molecule has 3 aromatic rings. The third-order valence-corrected chi connectivity index (χ3v) is 5.40. The first-order valence-electron chi connectivity index (χ1n) is 8.44. The maximum absolute atomic E-state index is 13.2. The molecule has 0 atom stereocenters. The maximum atomic E-state index is 13.2. The smallest absolute Gasteiger partial charge is 0.272 e. The molecule has 1 amide bonds. The first kappa shape index (κ1) is 18.7. The van der Waals surface area contributed by atoms with Gasteiger partial charge >= 0.3 is 0 Å². The molecule has 26 heavy (non-hydrogen) atoms. The lowest BCUT2D eigenvalue weighted by Gasteiger charge is -2.30. The fourth-order valence-corrected chi connectivity index (χ4v) is 3.95. The summed E-state index contributed by atoms with van der Waals surface area (Å²) in [6.45, 7) is 8.02. The van der Waals surface area contributed by atoms with E-state index in [1.54, 1.807) is 43.0 Å². The third-order valence-electron chi connectivity index (χ3n) is 4.10. The predicted molar refractivity (Wildman–Crippen MR) is 109 cm³/mol. The minimum atomic E-state index is -1.03. The van der Waals surface area contributed by atoms with Gasteiger partial charge in [0.15, 0.2) is 10.7 Å². The molecule has 6 heteroatoms. The molecule has 0 unspecified atom stereocenters. The number of likely N-dealkylation sites (N-methyl/N-ethyl adjacent to an activating group) is 1. The van der Waals surface area contributed by atoms with Crippen LogP contribution in [0.4, 0.5) is 5.13 Å². The van der Waals surface area contributed by atoms with Gasteiger partial charge in [-0.3, -0.25) is 9.69 Å². The third kappa shape index (κ3) is 3.69. The predicted octanol–water partition coefficient (Wildman–Crippen LogP) is 5.47. The molecule has 0 fully saturated rings. The zero-order valence-electron chi connectivity index (χ0n) is 15.2. The zero-order chi connectivity index (χ0) is 18.9. The number of benzene rings is 2. The average Bonchev–Trinajstić information content (AvgIpc) is 3.02. The highest BCUT2D eigenvalue weighted by atomic mass is 35.5. The van der Waals surface area contributed by atoms with Gasteiger partial charge in [-0.05, 0) is 63.6 Å². The topological polar surface area (TPSA) is 42.4 Å². The van der Waals surface area contributed by atoms with Crippen LogP contribution in [0.25, 0.3) is 10.2 Å². The van der Waals surface area contributed by atoms with Gasteiger partial charge < -0.3 is 4.74 Å². The number of fused-ring (bicyclic) bond motifs is 1. The number of rotatable bonds is 5. The van der Waals surface area contributed by atoms with E-state index in [9.17, 15) is 4.79 Å². The molecule has 0 aliphatic heterocycles. The van der Waals surface area contributed by atoms with Crippen molar-refractivity contribution in [3.63, 3.8) is 0 Å². The van der Waals surface area contributed by atoms with Crippen molar-refractivity contribution >= 4 is 44.2 Å². The first-order valence-corrected chi connectivity index (χ1v) is 9.64. The van der Waals surface area contributed by atoms with Gasteiger partial charge in [0.05, 0.1) is 10.2 Å². The monoisotopic (exact) mass is 388 g/mol. The highest BCUT2D eigenvalue weighted by Crippen LogP contribution is 2.32. The Morgan fingerprint density at radius 3 is 2.54 bits per heavy atom. The molecule has 3 rings (SSSR count). The summed E-state index contributed by atoms with van der Waals surface area (Å²) in [4.78, 5) is 19.5. The summed E-state index contributed by atoms with van der Waals surface area (Å²) in [6, 6.07) is 13.1. The van der Waals surface area contributed by atoms with Crippen LogP contribution in [0, 0.1) is 6.92 Å². The van der Waals surface area contributed by atoms with E-state index in [2.05, 4.69) is 4.98 Å². The van der Waals surface area contributed by atoms with Gasteiger partial charge in [-0.1, -0.05) is 35.1 Å². The van der Waals surface area contributed by atoms with Crippen LogP contribution in [0.15, 0.2) is 42.5 Å². The molecule has 1 heterocycles. The highest BCUT2D eigenvalue weighted by molar-refractivity contribution is 7.22. The van der Waals surface area contributed by atoms with Crippen LogP contribution in [0.1, 0.15) is 26.3 Å². The molecular formula is C20H21ClN2O2S. The van der Waals surface area contributed by atoms with Crippen LogP contribution >= 0.6 is 22.9 Å². The molecule has 136 valence electrons. The van der Waals surface area contributed by atoms with Crippen LogP contribution in [0.2, 0.25) is 5.02 Å². The van der Waals surface area contributed by atoms with Crippen molar-refractivity contribution in [1.29, 1.82) is 0 Å². The van der Waals surface area contributed by atoms with Crippen molar-refractivity contribution in [2.24, 2.45) is 0 Å². The van der Waals surface area contributed by atoms with Gasteiger partial charge in [0.2, 0.25) is 0 Å². The molecular weight excluding hydrogens is 368 g/mol. The van der Waals surface area contributed by atoms with Gasteiger partial charge in [0, 0.05) is 11.6 Å². The number of para-hydroxylation sites is 1. The van der Waals surface area contributed by atoms with Crippen LogP contribution < -0.4 is 9.64 Å². The normalized spacial score (nSPS) is 11.6. The number of aryl methyl sites for hydroxylation is 1. The van der Waals surface area contributed by atoms with Gasteiger partial charge in [0.25, 0.3) is 5.91 Å². The van der Waals surface area contributed by atoms with E-state index in [4.69, 9.17) is 16.3 Å². The average molecular weight is 389 g/mol. The molecule has 0 aliphatic carbocycles. The summed E-state index contributed by atoms with van der Waals surface area (Å²) >= 11 is 7.43. The Kier molecular flexibility index (Phi) is 5.21. The van der Waals surface area contributed by atoms with Gasteiger partial charge in [0.1, 0.15) is 5.75 Å². The van der Waals surface area contributed by atoms with Crippen molar-refractivity contribution in [2.45, 2.75) is 33.3 Å². The number of hydrogen-bond donors (Lipinski definition) is 0. The number of thiazole rings is 1. The quantitative estimate of drug-likeness (QED) is 0.582. The fraction of sp³-hybridized carbons (Fsp3) is 0.300. The van der Waals surface area contributed by atoms with Crippen molar-refractivity contribution in [2.75, 3.05) is 11.4 Å². The number of carbonyl (C=O) groups excluding carboxylic acids is 1. The number of halogens is 1. The molecule has 0 saturated heterocycles. The summed E-state index contributed by atoms with van der Waals surface area (Å²) in [7, 11) is 0. The Labute approximate surface area is 162 Å². The second-order valence-electron chi connectivity index (χ2n) is 6.53. The molecule has 0 bridgehead atoms. The Bertz CT molecular complexity index is 935. The Hall–Kier alpha value is -2.11. The van der Waals surface area contributed by atoms with Gasteiger partial charge in [-0.15, -0.1) is 0 Å². The Balaban J connectivity index is 1.88. The first-order chi connectivity index (χ1) is 12.3.